The van der Waals surface area contributed by atoms with Gasteiger partial charge in [-0.3, -0.25) is 0 Å². The molecule has 42 heavy (non-hydrogen) atoms. The Hall–Kier alpha value is -5.14. The van der Waals surface area contributed by atoms with Crippen molar-refractivity contribution in [3.05, 3.63) is 163 Å². The lowest BCUT2D eigenvalue weighted by Gasteiger charge is -2.33. The minimum atomic E-state index is -0.0619. The van der Waals surface area contributed by atoms with Crippen LogP contribution in [0.5, 0.6) is 0 Å². The fourth-order valence-corrected chi connectivity index (χ4v) is 6.74. The van der Waals surface area contributed by atoms with Gasteiger partial charge >= 0.3 is 0 Å². The first-order chi connectivity index (χ1) is 20.6. The summed E-state index contributed by atoms with van der Waals surface area (Å²) in [6.45, 7) is 4.63. The number of rotatable bonds is 2. The number of nitrogens with zero attached hydrogens (tertiary/aromatic N) is 1. The molecule has 0 saturated heterocycles. The lowest BCUT2D eigenvalue weighted by Crippen LogP contribution is -2.25. The molecule has 0 unspecified atom stereocenters. The minimum absolute atomic E-state index is 0.0619. The molecule has 6 aromatic carbocycles. The zero-order valence-corrected chi connectivity index (χ0v) is 23.9. The average Bonchev–Trinajstić information content (AvgIpc) is 3.12. The van der Waals surface area contributed by atoms with E-state index in [1.54, 1.807) is 0 Å². The summed E-state index contributed by atoms with van der Waals surface area (Å²) in [5, 5.41) is 6.27. The van der Waals surface area contributed by atoms with E-state index in [1.807, 2.05) is 0 Å². The van der Waals surface area contributed by atoms with Crippen LogP contribution in [0.1, 0.15) is 25.0 Å². The largest absolute Gasteiger partial charge is 0.316 e. The third-order valence-corrected chi connectivity index (χ3v) is 9.07. The SMILES string of the molecule is CC1(C)c2ccccc3cc(-c4ccc(-c5ccc6ccccc6c5)c5ccccc45)ccc3n(c2)-c2ccccc21. The molecule has 8 rings (SSSR count). The highest BCUT2D eigenvalue weighted by molar-refractivity contribution is 6.06. The van der Waals surface area contributed by atoms with E-state index in [-0.39, 0.29) is 5.41 Å². The van der Waals surface area contributed by atoms with Crippen molar-refractivity contribution in [3.63, 3.8) is 0 Å². The number of aromatic nitrogens is 1. The molecule has 2 heterocycles. The zero-order valence-electron chi connectivity index (χ0n) is 23.9. The van der Waals surface area contributed by atoms with E-state index in [9.17, 15) is 0 Å². The summed E-state index contributed by atoms with van der Waals surface area (Å²) in [4.78, 5) is 0. The number of para-hydroxylation sites is 1. The Balaban J connectivity index is 1.33. The molecule has 0 radical (unpaired) electrons. The second-order valence-corrected chi connectivity index (χ2v) is 11.9. The number of hydrogen-bond acceptors (Lipinski definition) is 0. The molecule has 200 valence electrons. The smallest absolute Gasteiger partial charge is 0.0528 e. The summed E-state index contributed by atoms with van der Waals surface area (Å²) in [7, 11) is 0. The molecule has 1 heteroatoms. The topological polar surface area (TPSA) is 4.93 Å². The Bertz CT molecular complexity index is 2230. The van der Waals surface area contributed by atoms with Crippen LogP contribution in [0.3, 0.4) is 0 Å². The van der Waals surface area contributed by atoms with Crippen LogP contribution < -0.4 is 0 Å². The number of hydrogen-bond donors (Lipinski definition) is 0. The molecule has 1 aromatic heterocycles. The van der Waals surface area contributed by atoms with E-state index in [0.717, 1.165) is 0 Å². The molecule has 1 aliphatic heterocycles. The van der Waals surface area contributed by atoms with Crippen LogP contribution in [0.25, 0.3) is 60.4 Å². The van der Waals surface area contributed by atoms with Gasteiger partial charge in [-0.1, -0.05) is 135 Å². The molecular formula is C41H31N. The standard InChI is InChI=1S/C41H31N/c1-41(2)33-14-6-5-13-32-26-31(21-24-39(32)42(27-33)40-18-10-9-17-38(40)41)35-23-22-34(36-15-7-8-16-37(35)36)30-20-19-28-11-3-4-12-29(28)25-30/h3-27H,1-2H3. The number of fused-ring (bicyclic) bond motifs is 8. The molecule has 0 fully saturated rings. The lowest BCUT2D eigenvalue weighted by atomic mass is 9.76. The van der Waals surface area contributed by atoms with Gasteiger partial charge in [-0.15, -0.1) is 0 Å². The highest BCUT2D eigenvalue weighted by atomic mass is 15.0. The van der Waals surface area contributed by atoms with Gasteiger partial charge in [-0.2, -0.15) is 0 Å². The van der Waals surface area contributed by atoms with Gasteiger partial charge in [0.2, 0.25) is 0 Å². The summed E-state index contributed by atoms with van der Waals surface area (Å²) >= 11 is 0. The molecule has 1 nitrogen and oxygen atoms in total. The Morgan fingerprint density at radius 3 is 1.81 bits per heavy atom. The van der Waals surface area contributed by atoms with E-state index in [4.69, 9.17) is 0 Å². The van der Waals surface area contributed by atoms with Crippen LogP contribution >= 0.6 is 0 Å². The monoisotopic (exact) mass is 537 g/mol. The van der Waals surface area contributed by atoms with E-state index >= 15 is 0 Å². The van der Waals surface area contributed by atoms with Crippen molar-refractivity contribution in [1.82, 2.24) is 4.57 Å². The molecule has 0 spiro atoms. The summed E-state index contributed by atoms with van der Waals surface area (Å²) in [5.74, 6) is 0. The van der Waals surface area contributed by atoms with Gasteiger partial charge in [0.1, 0.15) is 0 Å². The second-order valence-electron chi connectivity index (χ2n) is 11.9. The van der Waals surface area contributed by atoms with Gasteiger partial charge in [0.05, 0.1) is 5.52 Å². The van der Waals surface area contributed by atoms with E-state index in [0.29, 0.717) is 0 Å². The molecule has 0 aliphatic carbocycles. The fraction of sp³-hybridized carbons (Fsp3) is 0.0732. The molecule has 0 saturated carbocycles. The Labute approximate surface area is 246 Å². The second kappa shape index (κ2) is 9.46. The first kappa shape index (κ1) is 24.6. The maximum Gasteiger partial charge on any atom is 0.0528 e. The van der Waals surface area contributed by atoms with Gasteiger partial charge in [-0.25, -0.2) is 0 Å². The minimum Gasteiger partial charge on any atom is -0.316 e. The zero-order chi connectivity index (χ0) is 28.3. The van der Waals surface area contributed by atoms with Crippen molar-refractivity contribution in [2.45, 2.75) is 19.3 Å². The summed E-state index contributed by atoms with van der Waals surface area (Å²) in [5.41, 5.74) is 10.00. The quantitative estimate of drug-likeness (QED) is 0.207. The average molecular weight is 538 g/mol. The highest BCUT2D eigenvalue weighted by Crippen LogP contribution is 2.41. The van der Waals surface area contributed by atoms with Crippen LogP contribution in [0, 0.1) is 0 Å². The van der Waals surface area contributed by atoms with E-state index < -0.39 is 0 Å². The molecule has 1 aliphatic rings. The fourth-order valence-electron chi connectivity index (χ4n) is 6.74. The van der Waals surface area contributed by atoms with Crippen LogP contribution in [-0.2, 0) is 5.41 Å². The maximum atomic E-state index is 2.37. The van der Waals surface area contributed by atoms with Crippen molar-refractivity contribution >= 4 is 32.4 Å². The Morgan fingerprint density at radius 2 is 1.05 bits per heavy atom. The molecular weight excluding hydrogens is 506 g/mol. The summed E-state index contributed by atoms with van der Waals surface area (Å²) < 4.78 is 2.37. The van der Waals surface area contributed by atoms with Gasteiger partial charge in [0, 0.05) is 17.3 Å². The Kier molecular flexibility index (Phi) is 5.55. The lowest BCUT2D eigenvalue weighted by molar-refractivity contribution is 0.617. The normalized spacial score (nSPS) is 13.2. The van der Waals surface area contributed by atoms with Crippen LogP contribution in [-0.4, -0.2) is 4.57 Å². The third-order valence-electron chi connectivity index (χ3n) is 9.07. The van der Waals surface area contributed by atoms with Crippen LogP contribution in [0.4, 0.5) is 0 Å². The molecule has 0 N–H and O–H groups in total. The number of benzene rings is 6. The predicted octanol–water partition coefficient (Wildman–Crippen LogP) is 11.0. The first-order valence-electron chi connectivity index (χ1n) is 14.7. The highest BCUT2D eigenvalue weighted by Gasteiger charge is 2.29. The van der Waals surface area contributed by atoms with Gasteiger partial charge < -0.3 is 4.57 Å². The molecule has 2 bridgehead atoms. The molecule has 7 aromatic rings. The summed E-state index contributed by atoms with van der Waals surface area (Å²) in [6, 6.07) is 53.3. The van der Waals surface area contributed by atoms with Crippen molar-refractivity contribution < 1.29 is 0 Å². The van der Waals surface area contributed by atoms with E-state index in [1.165, 1.54) is 71.5 Å². The van der Waals surface area contributed by atoms with Crippen LogP contribution in [0.15, 0.2) is 152 Å². The maximum absolute atomic E-state index is 2.37. The molecule has 0 atom stereocenters. The first-order valence-corrected chi connectivity index (χ1v) is 14.7. The predicted molar refractivity (Wildman–Crippen MR) is 179 cm³/mol. The third kappa shape index (κ3) is 3.85. The van der Waals surface area contributed by atoms with Crippen molar-refractivity contribution in [3.8, 4) is 27.9 Å². The summed E-state index contributed by atoms with van der Waals surface area (Å²) in [6.07, 6.45) is 2.32. The van der Waals surface area contributed by atoms with Crippen molar-refractivity contribution in [2.75, 3.05) is 0 Å². The van der Waals surface area contributed by atoms with Gasteiger partial charge in [-0.05, 0) is 84.6 Å². The van der Waals surface area contributed by atoms with E-state index in [2.05, 4.69) is 170 Å². The van der Waals surface area contributed by atoms with Crippen molar-refractivity contribution in [1.29, 1.82) is 0 Å². The molecule has 0 amide bonds. The Morgan fingerprint density at radius 1 is 0.476 bits per heavy atom. The van der Waals surface area contributed by atoms with Gasteiger partial charge in [0.15, 0.2) is 0 Å². The van der Waals surface area contributed by atoms with Crippen LogP contribution in [0.2, 0.25) is 0 Å². The van der Waals surface area contributed by atoms with Gasteiger partial charge in [0.25, 0.3) is 0 Å². The van der Waals surface area contributed by atoms with Crippen molar-refractivity contribution in [2.24, 2.45) is 0 Å².